The van der Waals surface area contributed by atoms with E-state index in [-0.39, 0.29) is 0 Å². The zero-order valence-corrected chi connectivity index (χ0v) is 15.3. The highest BCUT2D eigenvalue weighted by Crippen LogP contribution is 2.16. The average molecular weight is 327 g/mol. The van der Waals surface area contributed by atoms with Gasteiger partial charge in [-0.05, 0) is 33.1 Å². The molecule has 6 heteroatoms. The van der Waals surface area contributed by atoms with Crippen LogP contribution in [0.5, 0.6) is 0 Å². The van der Waals surface area contributed by atoms with Gasteiger partial charge < -0.3 is 15.4 Å². The van der Waals surface area contributed by atoms with E-state index in [1.165, 1.54) is 4.88 Å². The van der Waals surface area contributed by atoms with E-state index in [0.29, 0.717) is 12.5 Å². The Balaban J connectivity index is 2.32. The van der Waals surface area contributed by atoms with Crippen LogP contribution in [0.4, 0.5) is 0 Å². The molecule has 0 aromatic carbocycles. The van der Waals surface area contributed by atoms with Crippen molar-refractivity contribution in [3.05, 3.63) is 15.6 Å². The van der Waals surface area contributed by atoms with Crippen LogP contribution in [-0.4, -0.2) is 37.2 Å². The van der Waals surface area contributed by atoms with Crippen molar-refractivity contribution in [1.82, 2.24) is 15.6 Å². The highest BCUT2D eigenvalue weighted by atomic mass is 32.1. The lowest BCUT2D eigenvalue weighted by atomic mass is 10.2. The summed E-state index contributed by atoms with van der Waals surface area (Å²) >= 11 is 1.72. The Hall–Kier alpha value is -1.14. The molecule has 1 aromatic rings. The number of thiazole rings is 1. The monoisotopic (exact) mass is 326 g/mol. The fraction of sp³-hybridized carbons (Fsp3) is 0.750. The molecule has 1 rings (SSSR count). The molecule has 126 valence electrons. The number of guanidine groups is 1. The van der Waals surface area contributed by atoms with Gasteiger partial charge in [0.15, 0.2) is 5.96 Å². The summed E-state index contributed by atoms with van der Waals surface area (Å²) < 4.78 is 5.57. The summed E-state index contributed by atoms with van der Waals surface area (Å²) in [6.45, 7) is 14.5. The fourth-order valence-corrected chi connectivity index (χ4v) is 2.65. The molecule has 0 bridgehead atoms. The summed E-state index contributed by atoms with van der Waals surface area (Å²) in [7, 11) is 0. The predicted octanol–water partition coefficient (Wildman–Crippen LogP) is 2.88. The molecule has 0 amide bonds. The van der Waals surface area contributed by atoms with E-state index in [2.05, 4.69) is 48.3 Å². The van der Waals surface area contributed by atoms with Gasteiger partial charge in [0.05, 0.1) is 12.2 Å². The molecule has 0 aliphatic carbocycles. The van der Waals surface area contributed by atoms with Crippen LogP contribution in [-0.2, 0) is 11.3 Å². The molecule has 1 heterocycles. The minimum atomic E-state index is 0.594. The highest BCUT2D eigenvalue weighted by molar-refractivity contribution is 7.11. The van der Waals surface area contributed by atoms with Crippen molar-refractivity contribution in [3.8, 4) is 0 Å². The lowest BCUT2D eigenvalue weighted by Crippen LogP contribution is -2.38. The molecule has 2 N–H and O–H groups in total. The number of aromatic nitrogens is 1. The second-order valence-electron chi connectivity index (χ2n) is 5.69. The van der Waals surface area contributed by atoms with Crippen LogP contribution in [0.25, 0.3) is 0 Å². The summed E-state index contributed by atoms with van der Waals surface area (Å²) in [6, 6.07) is 0. The zero-order chi connectivity index (χ0) is 16.4. The van der Waals surface area contributed by atoms with Crippen LogP contribution < -0.4 is 10.6 Å². The number of ether oxygens (including phenoxy) is 1. The number of nitrogens with zero attached hydrogens (tertiary/aromatic N) is 2. The molecule has 0 fully saturated rings. The van der Waals surface area contributed by atoms with Crippen LogP contribution in [0.1, 0.15) is 42.8 Å². The summed E-state index contributed by atoms with van der Waals surface area (Å²) in [6.07, 6.45) is 0.979. The smallest absolute Gasteiger partial charge is 0.191 e. The predicted molar refractivity (Wildman–Crippen MR) is 94.7 cm³/mol. The van der Waals surface area contributed by atoms with Gasteiger partial charge >= 0.3 is 0 Å². The first-order chi connectivity index (χ1) is 10.5. The fourth-order valence-electron chi connectivity index (χ4n) is 1.80. The second-order valence-corrected chi connectivity index (χ2v) is 6.98. The van der Waals surface area contributed by atoms with E-state index < -0.39 is 0 Å². The maximum absolute atomic E-state index is 5.57. The zero-order valence-electron chi connectivity index (χ0n) is 14.5. The molecule has 0 spiro atoms. The minimum absolute atomic E-state index is 0.594. The minimum Gasteiger partial charge on any atom is -0.381 e. The van der Waals surface area contributed by atoms with Crippen LogP contribution in [0.15, 0.2) is 4.99 Å². The number of aryl methyl sites for hydroxylation is 2. The largest absolute Gasteiger partial charge is 0.381 e. The first-order valence-corrected chi connectivity index (χ1v) is 8.87. The quantitative estimate of drug-likeness (QED) is 0.416. The third-order valence-corrected chi connectivity index (χ3v) is 4.06. The van der Waals surface area contributed by atoms with Crippen LogP contribution in [0, 0.1) is 19.8 Å². The summed E-state index contributed by atoms with van der Waals surface area (Å²) in [5.74, 6) is 1.44. The summed E-state index contributed by atoms with van der Waals surface area (Å²) in [4.78, 5) is 10.4. The normalized spacial score (nSPS) is 12.0. The van der Waals surface area contributed by atoms with Gasteiger partial charge in [-0.3, -0.25) is 0 Å². The van der Waals surface area contributed by atoms with E-state index >= 15 is 0 Å². The number of rotatable bonds is 9. The summed E-state index contributed by atoms with van der Waals surface area (Å²) in [5.41, 5.74) is 1.11. The van der Waals surface area contributed by atoms with E-state index in [1.807, 2.05) is 6.92 Å². The molecule has 0 radical (unpaired) electrons. The molecular weight excluding hydrogens is 296 g/mol. The lowest BCUT2D eigenvalue weighted by Gasteiger charge is -2.11. The third kappa shape index (κ3) is 7.75. The van der Waals surface area contributed by atoms with Gasteiger partial charge in [0.25, 0.3) is 0 Å². The van der Waals surface area contributed by atoms with E-state index in [0.717, 1.165) is 49.4 Å². The van der Waals surface area contributed by atoms with Gasteiger partial charge in [-0.1, -0.05) is 13.8 Å². The van der Waals surface area contributed by atoms with Crippen molar-refractivity contribution in [2.24, 2.45) is 10.9 Å². The highest BCUT2D eigenvalue weighted by Gasteiger charge is 2.03. The second kappa shape index (κ2) is 10.6. The van der Waals surface area contributed by atoms with Crippen molar-refractivity contribution in [2.75, 3.05) is 26.3 Å². The Morgan fingerprint density at radius 3 is 2.68 bits per heavy atom. The van der Waals surface area contributed by atoms with Crippen molar-refractivity contribution in [2.45, 2.75) is 47.6 Å². The molecule has 0 saturated heterocycles. The summed E-state index contributed by atoms with van der Waals surface area (Å²) in [5, 5.41) is 7.66. The third-order valence-electron chi connectivity index (χ3n) is 3.00. The Labute approximate surface area is 138 Å². The van der Waals surface area contributed by atoms with Gasteiger partial charge in [-0.2, -0.15) is 0 Å². The topological polar surface area (TPSA) is 58.5 Å². The SMILES string of the molecule is CCNC(=NCc1nc(C)c(C)s1)NCCCOCC(C)C. The Morgan fingerprint density at radius 2 is 2.09 bits per heavy atom. The molecule has 0 saturated carbocycles. The molecule has 0 aliphatic heterocycles. The standard InChI is InChI=1S/C16H30N4OS/c1-6-17-16(18-8-7-9-21-11-12(2)3)19-10-15-20-13(4)14(5)22-15/h12H,6-11H2,1-5H3,(H2,17,18,19). The van der Waals surface area contributed by atoms with E-state index in [9.17, 15) is 0 Å². The van der Waals surface area contributed by atoms with Gasteiger partial charge in [-0.25, -0.2) is 9.98 Å². The number of hydrogen-bond acceptors (Lipinski definition) is 4. The first-order valence-electron chi connectivity index (χ1n) is 8.05. The van der Waals surface area contributed by atoms with Gasteiger partial charge in [0.1, 0.15) is 5.01 Å². The van der Waals surface area contributed by atoms with Gasteiger partial charge in [-0.15, -0.1) is 11.3 Å². The van der Waals surface area contributed by atoms with Gasteiger partial charge in [0, 0.05) is 31.2 Å². The maximum Gasteiger partial charge on any atom is 0.191 e. The molecule has 0 atom stereocenters. The van der Waals surface area contributed by atoms with Crippen molar-refractivity contribution < 1.29 is 4.74 Å². The Morgan fingerprint density at radius 1 is 1.32 bits per heavy atom. The average Bonchev–Trinajstić information content (AvgIpc) is 2.78. The van der Waals surface area contributed by atoms with Crippen LogP contribution >= 0.6 is 11.3 Å². The van der Waals surface area contributed by atoms with E-state index in [1.54, 1.807) is 11.3 Å². The van der Waals surface area contributed by atoms with Crippen LogP contribution in [0.3, 0.4) is 0 Å². The number of nitrogens with one attached hydrogen (secondary N) is 2. The van der Waals surface area contributed by atoms with Crippen molar-refractivity contribution in [3.63, 3.8) is 0 Å². The molecule has 5 nitrogen and oxygen atoms in total. The first kappa shape index (κ1) is 18.9. The van der Waals surface area contributed by atoms with Crippen molar-refractivity contribution >= 4 is 17.3 Å². The molecule has 1 aromatic heterocycles. The molecular formula is C16H30N4OS. The van der Waals surface area contributed by atoms with Crippen molar-refractivity contribution in [1.29, 1.82) is 0 Å². The van der Waals surface area contributed by atoms with Gasteiger partial charge in [0.2, 0.25) is 0 Å². The molecule has 0 unspecified atom stereocenters. The molecule has 0 aliphatic rings. The van der Waals surface area contributed by atoms with Crippen LogP contribution in [0.2, 0.25) is 0 Å². The number of hydrogen-bond donors (Lipinski definition) is 2. The Kier molecular flexibility index (Phi) is 9.08. The molecule has 22 heavy (non-hydrogen) atoms. The lowest BCUT2D eigenvalue weighted by molar-refractivity contribution is 0.108. The van der Waals surface area contributed by atoms with E-state index in [4.69, 9.17) is 4.74 Å². The maximum atomic E-state index is 5.57. The Bertz CT molecular complexity index is 437. The number of aliphatic imine (C=N–C) groups is 1.